The molecule has 0 aliphatic rings. The van der Waals surface area contributed by atoms with E-state index in [9.17, 15) is 0 Å². The lowest BCUT2D eigenvalue weighted by atomic mass is 10.1. The van der Waals surface area contributed by atoms with Gasteiger partial charge in [0, 0.05) is 61.5 Å². The second-order valence-corrected chi connectivity index (χ2v) is 14.5. The lowest BCUT2D eigenvalue weighted by Gasteiger charge is -2.29. The molecular formula is C53H36N4O. The highest BCUT2D eigenvalue weighted by Gasteiger charge is 2.21. The molecule has 0 aliphatic carbocycles. The Balaban J connectivity index is 1.14. The summed E-state index contributed by atoms with van der Waals surface area (Å²) in [5.41, 5.74) is 12.3. The first kappa shape index (κ1) is 33.4. The van der Waals surface area contributed by atoms with Crippen LogP contribution in [0.4, 0.5) is 34.1 Å². The minimum Gasteiger partial charge on any atom is -0.436 e. The third-order valence-electron chi connectivity index (χ3n) is 10.9. The number of benzene rings is 9. The SMILES string of the molecule is c1ccc(-c2nc3c(ccc4ccc(N(c5cccc(N(c6ccccc6)c6ccccc6)c5)c5ccc6c(c5)c5ccccc5n6-c5ccccc5)cc43)o2)cc1. The Morgan fingerprint density at radius 3 is 1.60 bits per heavy atom. The van der Waals surface area contributed by atoms with E-state index in [4.69, 9.17) is 9.40 Å². The monoisotopic (exact) mass is 744 g/mol. The molecule has 0 saturated carbocycles. The number of nitrogens with zero attached hydrogens (tertiary/aromatic N) is 4. The quantitative estimate of drug-likeness (QED) is 0.155. The van der Waals surface area contributed by atoms with E-state index in [0.29, 0.717) is 5.89 Å². The van der Waals surface area contributed by atoms with Gasteiger partial charge in [-0.25, -0.2) is 4.98 Å². The largest absolute Gasteiger partial charge is 0.436 e. The van der Waals surface area contributed by atoms with Crippen molar-refractivity contribution < 1.29 is 4.42 Å². The fourth-order valence-electron chi connectivity index (χ4n) is 8.32. The molecule has 0 N–H and O–H groups in total. The predicted molar refractivity (Wildman–Crippen MR) is 241 cm³/mol. The van der Waals surface area contributed by atoms with Crippen molar-refractivity contribution in [3.63, 3.8) is 0 Å². The molecule has 0 amide bonds. The normalized spacial score (nSPS) is 11.4. The smallest absolute Gasteiger partial charge is 0.227 e. The maximum absolute atomic E-state index is 6.35. The van der Waals surface area contributed by atoms with Crippen LogP contribution >= 0.6 is 0 Å². The van der Waals surface area contributed by atoms with Crippen LogP contribution < -0.4 is 9.80 Å². The molecule has 274 valence electrons. The van der Waals surface area contributed by atoms with Gasteiger partial charge in [0.15, 0.2) is 5.58 Å². The number of oxazole rings is 1. The van der Waals surface area contributed by atoms with Gasteiger partial charge in [-0.2, -0.15) is 0 Å². The van der Waals surface area contributed by atoms with Crippen molar-refractivity contribution in [2.75, 3.05) is 9.80 Å². The fourth-order valence-corrected chi connectivity index (χ4v) is 8.32. The van der Waals surface area contributed by atoms with E-state index in [2.05, 4.69) is 196 Å². The molecule has 5 nitrogen and oxygen atoms in total. The zero-order chi connectivity index (χ0) is 38.4. The number of hydrogen-bond donors (Lipinski definition) is 0. The van der Waals surface area contributed by atoms with E-state index in [1.165, 1.54) is 16.3 Å². The first-order chi connectivity index (χ1) is 28.8. The van der Waals surface area contributed by atoms with Crippen molar-refractivity contribution in [1.82, 2.24) is 9.55 Å². The van der Waals surface area contributed by atoms with Crippen molar-refractivity contribution in [1.29, 1.82) is 0 Å². The van der Waals surface area contributed by atoms with Crippen molar-refractivity contribution in [2.45, 2.75) is 0 Å². The summed E-state index contributed by atoms with van der Waals surface area (Å²) in [6.45, 7) is 0. The first-order valence-electron chi connectivity index (χ1n) is 19.5. The number of fused-ring (bicyclic) bond motifs is 6. The summed E-state index contributed by atoms with van der Waals surface area (Å²) < 4.78 is 8.71. The third kappa shape index (κ3) is 5.76. The van der Waals surface area contributed by atoms with E-state index in [1.807, 2.05) is 36.4 Å². The molecule has 9 aromatic carbocycles. The fraction of sp³-hybridized carbons (Fsp3) is 0. The summed E-state index contributed by atoms with van der Waals surface area (Å²) >= 11 is 0. The Bertz CT molecular complexity index is 3190. The van der Waals surface area contributed by atoms with Crippen LogP contribution in [0.3, 0.4) is 0 Å². The minimum atomic E-state index is 0.611. The molecule has 58 heavy (non-hydrogen) atoms. The maximum Gasteiger partial charge on any atom is 0.227 e. The van der Waals surface area contributed by atoms with Gasteiger partial charge in [-0.15, -0.1) is 0 Å². The van der Waals surface area contributed by atoms with Crippen LogP contribution in [-0.4, -0.2) is 9.55 Å². The van der Waals surface area contributed by atoms with Crippen molar-refractivity contribution in [3.8, 4) is 17.1 Å². The van der Waals surface area contributed by atoms with E-state index >= 15 is 0 Å². The standard InChI is InChI=1S/C53H36N4O/c1-5-16-38(17-6-1)53-54-52-47-35-44(30-28-37(47)29-33-51(52)58-53)56(43-25-15-24-42(34-43)55(39-18-7-2-8-19-39)40-20-9-3-10-21-40)45-31-32-50-48(36-45)46-26-13-14-27-49(46)57(50)41-22-11-4-12-23-41/h1-36H. The zero-order valence-electron chi connectivity index (χ0n) is 31.5. The van der Waals surface area contributed by atoms with E-state index < -0.39 is 0 Å². The molecule has 0 spiro atoms. The van der Waals surface area contributed by atoms with Gasteiger partial charge < -0.3 is 18.8 Å². The van der Waals surface area contributed by atoms with Gasteiger partial charge in [0.2, 0.25) is 5.89 Å². The molecule has 5 heteroatoms. The molecule has 2 aromatic heterocycles. The van der Waals surface area contributed by atoms with Crippen LogP contribution in [0.15, 0.2) is 223 Å². The molecule has 0 radical (unpaired) electrons. The van der Waals surface area contributed by atoms with E-state index in [1.54, 1.807) is 0 Å². The first-order valence-corrected chi connectivity index (χ1v) is 19.5. The molecule has 2 heterocycles. The summed E-state index contributed by atoms with van der Waals surface area (Å²) in [5, 5.41) is 4.51. The summed E-state index contributed by atoms with van der Waals surface area (Å²) in [6.07, 6.45) is 0. The number of rotatable bonds is 8. The van der Waals surface area contributed by atoms with Gasteiger partial charge in [-0.1, -0.05) is 109 Å². The van der Waals surface area contributed by atoms with Crippen LogP contribution in [0.1, 0.15) is 0 Å². The highest BCUT2D eigenvalue weighted by atomic mass is 16.3. The topological polar surface area (TPSA) is 37.4 Å². The molecule has 0 bridgehead atoms. The second kappa shape index (κ2) is 14.0. The number of aromatic nitrogens is 2. The summed E-state index contributed by atoms with van der Waals surface area (Å²) in [7, 11) is 0. The number of para-hydroxylation sites is 4. The Kier molecular flexibility index (Phi) is 8.07. The number of hydrogen-bond acceptors (Lipinski definition) is 4. The molecule has 0 aliphatic heterocycles. The average Bonchev–Trinajstić information content (AvgIpc) is 3.88. The van der Waals surface area contributed by atoms with E-state index in [0.717, 1.165) is 72.8 Å². The lowest BCUT2D eigenvalue weighted by Crippen LogP contribution is -2.13. The third-order valence-corrected chi connectivity index (χ3v) is 10.9. The van der Waals surface area contributed by atoms with Crippen LogP contribution in [0.25, 0.3) is 60.8 Å². The number of anilines is 6. The molecule has 11 aromatic rings. The predicted octanol–water partition coefficient (Wildman–Crippen LogP) is 14.7. The average molecular weight is 745 g/mol. The molecule has 0 saturated heterocycles. The Labute approximate surface area is 335 Å². The van der Waals surface area contributed by atoms with E-state index in [-0.39, 0.29) is 0 Å². The van der Waals surface area contributed by atoms with Crippen LogP contribution in [0.2, 0.25) is 0 Å². The van der Waals surface area contributed by atoms with Crippen molar-refractivity contribution in [3.05, 3.63) is 218 Å². The molecular weight excluding hydrogens is 709 g/mol. The van der Waals surface area contributed by atoms with Gasteiger partial charge >= 0.3 is 0 Å². The Morgan fingerprint density at radius 1 is 0.379 bits per heavy atom. The van der Waals surface area contributed by atoms with Crippen molar-refractivity contribution in [2.24, 2.45) is 0 Å². The summed E-state index contributed by atoms with van der Waals surface area (Å²) in [5.74, 6) is 0.611. The molecule has 11 rings (SSSR count). The Hall–Kier alpha value is -7.89. The van der Waals surface area contributed by atoms with Gasteiger partial charge in [0.05, 0.1) is 11.0 Å². The highest BCUT2D eigenvalue weighted by Crippen LogP contribution is 2.44. The van der Waals surface area contributed by atoms with Crippen molar-refractivity contribution >= 4 is 77.8 Å². The van der Waals surface area contributed by atoms with Gasteiger partial charge in [-0.3, -0.25) is 0 Å². The summed E-state index contributed by atoms with van der Waals surface area (Å²) in [6, 6.07) is 77.0. The Morgan fingerprint density at radius 2 is 0.897 bits per heavy atom. The molecule has 0 unspecified atom stereocenters. The molecule has 0 atom stereocenters. The zero-order valence-corrected chi connectivity index (χ0v) is 31.5. The maximum atomic E-state index is 6.35. The highest BCUT2D eigenvalue weighted by molar-refractivity contribution is 6.11. The minimum absolute atomic E-state index is 0.611. The van der Waals surface area contributed by atoms with Gasteiger partial charge in [0.1, 0.15) is 5.52 Å². The molecule has 0 fully saturated rings. The van der Waals surface area contributed by atoms with Crippen LogP contribution in [0.5, 0.6) is 0 Å². The van der Waals surface area contributed by atoms with Crippen LogP contribution in [0, 0.1) is 0 Å². The second-order valence-electron chi connectivity index (χ2n) is 14.5. The van der Waals surface area contributed by atoms with Crippen LogP contribution in [-0.2, 0) is 0 Å². The van der Waals surface area contributed by atoms with Gasteiger partial charge in [-0.05, 0) is 115 Å². The lowest BCUT2D eigenvalue weighted by molar-refractivity contribution is 0.620. The summed E-state index contributed by atoms with van der Waals surface area (Å²) in [4.78, 5) is 9.75. The van der Waals surface area contributed by atoms with Gasteiger partial charge in [0.25, 0.3) is 0 Å².